The number of halogens is 1. The molecule has 134 valence electrons. The minimum atomic E-state index is -0.527. The number of amides is 1. The molecule has 6 heteroatoms. The highest BCUT2D eigenvalue weighted by atomic mass is 19.1. The Balaban J connectivity index is 1.95. The number of rotatable bonds is 6. The molecule has 0 bridgehead atoms. The van der Waals surface area contributed by atoms with Crippen LogP contribution in [0.3, 0.4) is 0 Å². The van der Waals surface area contributed by atoms with Crippen molar-refractivity contribution >= 4 is 11.9 Å². The first-order valence-electron chi connectivity index (χ1n) is 8.16. The molecule has 0 N–H and O–H groups in total. The van der Waals surface area contributed by atoms with E-state index in [0.29, 0.717) is 11.1 Å². The van der Waals surface area contributed by atoms with E-state index in [4.69, 9.17) is 4.74 Å². The molecule has 0 spiro atoms. The predicted molar refractivity (Wildman–Crippen MR) is 92.7 cm³/mol. The van der Waals surface area contributed by atoms with Crippen LogP contribution in [0.15, 0.2) is 30.3 Å². The third-order valence-electron chi connectivity index (χ3n) is 4.23. The lowest BCUT2D eigenvalue weighted by Gasteiger charge is -2.17. The van der Waals surface area contributed by atoms with Gasteiger partial charge in [0.05, 0.1) is 5.56 Å². The van der Waals surface area contributed by atoms with E-state index in [1.165, 1.54) is 11.0 Å². The molecule has 2 aromatic rings. The molecule has 0 radical (unpaired) electrons. The van der Waals surface area contributed by atoms with Crippen molar-refractivity contribution in [1.82, 2.24) is 9.47 Å². The zero-order valence-corrected chi connectivity index (χ0v) is 15.0. The van der Waals surface area contributed by atoms with Gasteiger partial charge in [0.2, 0.25) is 0 Å². The third-order valence-corrected chi connectivity index (χ3v) is 4.23. The normalized spacial score (nSPS) is 10.6. The van der Waals surface area contributed by atoms with Crippen LogP contribution in [0.5, 0.6) is 0 Å². The quantitative estimate of drug-likeness (QED) is 0.756. The molecule has 0 saturated carbocycles. The summed E-state index contributed by atoms with van der Waals surface area (Å²) in [7, 11) is 1.55. The average molecular weight is 346 g/mol. The highest BCUT2D eigenvalue weighted by Gasteiger charge is 2.19. The molecule has 0 aliphatic rings. The lowest BCUT2D eigenvalue weighted by atomic mass is 10.2. The minimum absolute atomic E-state index is 0.118. The Labute approximate surface area is 147 Å². The standard InChI is InChI=1S/C19H23FN2O3/c1-5-22-13(2)10-16(14(22)3)19(24)25-12-18(23)21(4)11-15-8-6-7-9-17(15)20/h6-10H,5,11-12H2,1-4H3. The van der Waals surface area contributed by atoms with E-state index in [0.717, 1.165) is 17.9 Å². The monoisotopic (exact) mass is 346 g/mol. The number of hydrogen-bond donors (Lipinski definition) is 0. The van der Waals surface area contributed by atoms with Gasteiger partial charge in [-0.2, -0.15) is 0 Å². The Hall–Kier alpha value is -2.63. The van der Waals surface area contributed by atoms with Crippen molar-refractivity contribution < 1.29 is 18.7 Å². The van der Waals surface area contributed by atoms with Crippen molar-refractivity contribution in [2.24, 2.45) is 0 Å². The second-order valence-corrected chi connectivity index (χ2v) is 5.95. The number of hydrogen-bond acceptors (Lipinski definition) is 3. The highest BCUT2D eigenvalue weighted by molar-refractivity contribution is 5.92. The van der Waals surface area contributed by atoms with E-state index in [1.807, 2.05) is 25.3 Å². The topological polar surface area (TPSA) is 51.5 Å². The van der Waals surface area contributed by atoms with Crippen molar-refractivity contribution in [3.63, 3.8) is 0 Å². The van der Waals surface area contributed by atoms with E-state index in [-0.39, 0.29) is 24.9 Å². The second-order valence-electron chi connectivity index (χ2n) is 5.95. The first-order chi connectivity index (χ1) is 11.8. The van der Waals surface area contributed by atoms with Crippen LogP contribution in [-0.4, -0.2) is 35.0 Å². The van der Waals surface area contributed by atoms with E-state index >= 15 is 0 Å². The number of aryl methyl sites for hydroxylation is 1. The fourth-order valence-electron chi connectivity index (χ4n) is 2.78. The summed E-state index contributed by atoms with van der Waals surface area (Å²) in [6.45, 7) is 6.26. The van der Waals surface area contributed by atoms with Gasteiger partial charge in [0, 0.05) is 37.1 Å². The van der Waals surface area contributed by atoms with Crippen molar-refractivity contribution in [2.75, 3.05) is 13.7 Å². The molecule has 1 aromatic carbocycles. The van der Waals surface area contributed by atoms with Gasteiger partial charge in [-0.1, -0.05) is 18.2 Å². The molecular formula is C19H23FN2O3. The second kappa shape index (κ2) is 7.96. The number of aromatic nitrogens is 1. The van der Waals surface area contributed by atoms with Gasteiger partial charge in [-0.25, -0.2) is 9.18 Å². The van der Waals surface area contributed by atoms with Gasteiger partial charge in [0.15, 0.2) is 6.61 Å². The van der Waals surface area contributed by atoms with Gasteiger partial charge in [-0.05, 0) is 32.9 Å². The molecule has 0 fully saturated rings. The summed E-state index contributed by atoms with van der Waals surface area (Å²) in [6, 6.07) is 8.02. The van der Waals surface area contributed by atoms with E-state index < -0.39 is 5.97 Å². The van der Waals surface area contributed by atoms with Gasteiger partial charge in [0.25, 0.3) is 5.91 Å². The summed E-state index contributed by atoms with van der Waals surface area (Å²) < 4.78 is 20.8. The minimum Gasteiger partial charge on any atom is -0.452 e. The zero-order valence-electron chi connectivity index (χ0n) is 15.0. The van der Waals surface area contributed by atoms with Crippen molar-refractivity contribution in [1.29, 1.82) is 0 Å². The molecule has 1 aromatic heterocycles. The fourth-order valence-corrected chi connectivity index (χ4v) is 2.78. The molecule has 0 aliphatic heterocycles. The van der Waals surface area contributed by atoms with Crippen LogP contribution in [0.25, 0.3) is 0 Å². The molecule has 0 unspecified atom stereocenters. The Morgan fingerprint density at radius 1 is 1.24 bits per heavy atom. The maximum Gasteiger partial charge on any atom is 0.340 e. The summed E-state index contributed by atoms with van der Waals surface area (Å²) in [6.07, 6.45) is 0. The van der Waals surface area contributed by atoms with Crippen LogP contribution < -0.4 is 0 Å². The number of ether oxygens (including phenoxy) is 1. The molecule has 0 saturated heterocycles. The van der Waals surface area contributed by atoms with E-state index in [1.54, 1.807) is 31.3 Å². The highest BCUT2D eigenvalue weighted by Crippen LogP contribution is 2.16. The summed E-state index contributed by atoms with van der Waals surface area (Å²) >= 11 is 0. The third kappa shape index (κ3) is 4.26. The summed E-state index contributed by atoms with van der Waals surface area (Å²) in [4.78, 5) is 25.7. The first-order valence-corrected chi connectivity index (χ1v) is 8.16. The van der Waals surface area contributed by atoms with Gasteiger partial charge < -0.3 is 14.2 Å². The molecule has 0 aliphatic carbocycles. The Bertz CT molecular complexity index is 783. The Morgan fingerprint density at radius 2 is 1.92 bits per heavy atom. The Kier molecular flexibility index (Phi) is 5.96. The molecule has 2 rings (SSSR count). The zero-order chi connectivity index (χ0) is 18.6. The van der Waals surface area contributed by atoms with Crippen LogP contribution >= 0.6 is 0 Å². The smallest absolute Gasteiger partial charge is 0.340 e. The van der Waals surface area contributed by atoms with Gasteiger partial charge in [-0.15, -0.1) is 0 Å². The molecule has 1 amide bonds. The van der Waals surface area contributed by atoms with Gasteiger partial charge >= 0.3 is 5.97 Å². The number of nitrogens with zero attached hydrogens (tertiary/aromatic N) is 2. The molecular weight excluding hydrogens is 323 g/mol. The average Bonchev–Trinajstić information content (AvgIpc) is 2.88. The molecule has 0 atom stereocenters. The number of esters is 1. The Morgan fingerprint density at radius 3 is 2.52 bits per heavy atom. The summed E-state index contributed by atoms with van der Waals surface area (Å²) in [5.41, 5.74) is 2.66. The van der Waals surface area contributed by atoms with Crippen molar-refractivity contribution in [2.45, 2.75) is 33.9 Å². The summed E-state index contributed by atoms with van der Waals surface area (Å²) in [5, 5.41) is 0. The maximum atomic E-state index is 13.6. The summed E-state index contributed by atoms with van der Waals surface area (Å²) in [5.74, 6) is -1.28. The lowest BCUT2D eigenvalue weighted by molar-refractivity contribution is -0.133. The lowest BCUT2D eigenvalue weighted by Crippen LogP contribution is -2.31. The SMILES string of the molecule is CCn1c(C)cc(C(=O)OCC(=O)N(C)Cc2ccccc2F)c1C. The van der Waals surface area contributed by atoms with Crippen molar-refractivity contribution in [3.8, 4) is 0 Å². The number of benzene rings is 1. The van der Waals surface area contributed by atoms with E-state index in [9.17, 15) is 14.0 Å². The van der Waals surface area contributed by atoms with Crippen LogP contribution in [0, 0.1) is 19.7 Å². The van der Waals surface area contributed by atoms with Gasteiger partial charge in [-0.3, -0.25) is 4.79 Å². The number of likely N-dealkylation sites (N-methyl/N-ethyl adjacent to an activating group) is 1. The van der Waals surface area contributed by atoms with Gasteiger partial charge in [0.1, 0.15) is 5.82 Å². The molecule has 5 nitrogen and oxygen atoms in total. The number of carbonyl (C=O) groups is 2. The molecule has 25 heavy (non-hydrogen) atoms. The predicted octanol–water partition coefficient (Wildman–Crippen LogP) is 3.08. The first kappa shape index (κ1) is 18.7. The van der Waals surface area contributed by atoms with Crippen molar-refractivity contribution in [3.05, 3.63) is 58.7 Å². The largest absolute Gasteiger partial charge is 0.452 e. The van der Waals surface area contributed by atoms with Crippen LogP contribution in [-0.2, 0) is 22.6 Å². The molecule has 1 heterocycles. The van der Waals surface area contributed by atoms with Crippen LogP contribution in [0.1, 0.15) is 34.2 Å². The number of carbonyl (C=O) groups excluding carboxylic acids is 2. The van der Waals surface area contributed by atoms with Crippen LogP contribution in [0.4, 0.5) is 4.39 Å². The fraction of sp³-hybridized carbons (Fsp3) is 0.368. The van der Waals surface area contributed by atoms with Crippen LogP contribution in [0.2, 0.25) is 0 Å². The van der Waals surface area contributed by atoms with E-state index in [2.05, 4.69) is 0 Å². The maximum absolute atomic E-state index is 13.6.